The van der Waals surface area contributed by atoms with E-state index in [1.807, 2.05) is 36.6 Å². The van der Waals surface area contributed by atoms with Crippen LogP contribution in [0.3, 0.4) is 0 Å². The van der Waals surface area contributed by atoms with Crippen molar-refractivity contribution in [3.8, 4) is 6.07 Å². The molecule has 0 unspecified atom stereocenters. The third-order valence-electron chi connectivity index (χ3n) is 3.95. The number of hydrogen-bond donors (Lipinski definition) is 2. The van der Waals surface area contributed by atoms with E-state index in [4.69, 9.17) is 5.26 Å². The highest BCUT2D eigenvalue weighted by Gasteiger charge is 2.21. The zero-order chi connectivity index (χ0) is 19.4. The highest BCUT2D eigenvalue weighted by molar-refractivity contribution is 7.98. The van der Waals surface area contributed by atoms with Gasteiger partial charge in [0.1, 0.15) is 10.7 Å². The molecule has 0 atom stereocenters. The Bertz CT molecular complexity index is 1120. The zero-order valence-corrected chi connectivity index (χ0v) is 16.0. The Hall–Kier alpha value is -2.76. The van der Waals surface area contributed by atoms with Crippen LogP contribution in [0.1, 0.15) is 16.7 Å². The summed E-state index contributed by atoms with van der Waals surface area (Å²) >= 11 is 1.61. The number of nitriles is 1. The first-order valence-corrected chi connectivity index (χ1v) is 10.6. The van der Waals surface area contributed by atoms with Crippen molar-refractivity contribution >= 4 is 27.5 Å². The fraction of sp³-hybridized carbons (Fsp3) is 0.105. The Morgan fingerprint density at radius 1 is 1.22 bits per heavy atom. The number of thioether (sulfide) groups is 1. The van der Waals surface area contributed by atoms with Gasteiger partial charge in [0.15, 0.2) is 0 Å². The number of nitrogens with zero attached hydrogens (tertiary/aromatic N) is 1. The van der Waals surface area contributed by atoms with Crippen molar-refractivity contribution in [1.29, 1.82) is 5.26 Å². The largest absolute Gasteiger partial charge is 0.366 e. The van der Waals surface area contributed by atoms with Gasteiger partial charge in [-0.15, -0.1) is 11.8 Å². The maximum Gasteiger partial charge on any atom is 0.263 e. The normalized spacial score (nSPS) is 11.1. The number of rotatable bonds is 6. The Morgan fingerprint density at radius 2 is 2.04 bits per heavy atom. The molecule has 0 saturated heterocycles. The summed E-state index contributed by atoms with van der Waals surface area (Å²) in [7, 11) is -3.99. The molecule has 8 heteroatoms. The molecule has 0 spiro atoms. The van der Waals surface area contributed by atoms with Crippen molar-refractivity contribution in [2.45, 2.75) is 16.2 Å². The minimum absolute atomic E-state index is 0.0563. The number of halogens is 1. The summed E-state index contributed by atoms with van der Waals surface area (Å²) in [5.74, 6) is -0.803. The van der Waals surface area contributed by atoms with E-state index in [0.29, 0.717) is 12.0 Å². The highest BCUT2D eigenvalue weighted by atomic mass is 32.2. The number of aromatic nitrogens is 1. The lowest BCUT2D eigenvalue weighted by atomic mass is 10.1. The molecule has 0 amide bonds. The highest BCUT2D eigenvalue weighted by Crippen LogP contribution is 2.25. The van der Waals surface area contributed by atoms with E-state index in [1.54, 1.807) is 18.0 Å². The van der Waals surface area contributed by atoms with Crippen molar-refractivity contribution in [2.75, 3.05) is 11.0 Å². The minimum atomic E-state index is -3.99. The van der Waals surface area contributed by atoms with Gasteiger partial charge in [-0.05, 0) is 47.7 Å². The van der Waals surface area contributed by atoms with Crippen molar-refractivity contribution in [3.05, 3.63) is 77.4 Å². The quantitative estimate of drug-likeness (QED) is 0.608. The first kappa shape index (κ1) is 19.0. The van der Waals surface area contributed by atoms with Gasteiger partial charge < -0.3 is 4.98 Å². The van der Waals surface area contributed by atoms with Crippen LogP contribution in [-0.2, 0) is 16.4 Å². The topological polar surface area (TPSA) is 85.8 Å². The summed E-state index contributed by atoms with van der Waals surface area (Å²) in [4.78, 5) is 3.96. The average molecular weight is 401 g/mol. The summed E-state index contributed by atoms with van der Waals surface area (Å²) in [5, 5.41) is 8.79. The van der Waals surface area contributed by atoms with E-state index in [2.05, 4.69) is 9.71 Å². The lowest BCUT2D eigenvalue weighted by molar-refractivity contribution is 0.598. The predicted molar refractivity (Wildman–Crippen MR) is 104 cm³/mol. The number of H-pyrrole nitrogens is 1. The third-order valence-corrected chi connectivity index (χ3v) is 6.12. The molecule has 1 heterocycles. The van der Waals surface area contributed by atoms with Crippen molar-refractivity contribution in [1.82, 2.24) is 4.98 Å². The van der Waals surface area contributed by atoms with Crippen LogP contribution >= 0.6 is 11.8 Å². The Kier molecular flexibility index (Phi) is 5.54. The number of nitrogens with one attached hydrogen (secondary N) is 2. The molecule has 1 aromatic heterocycles. The van der Waals surface area contributed by atoms with Crippen LogP contribution in [0.15, 0.2) is 64.6 Å². The lowest BCUT2D eigenvalue weighted by Gasteiger charge is -2.10. The zero-order valence-electron chi connectivity index (χ0n) is 14.4. The summed E-state index contributed by atoms with van der Waals surface area (Å²) < 4.78 is 41.8. The fourth-order valence-electron chi connectivity index (χ4n) is 2.64. The van der Waals surface area contributed by atoms with Gasteiger partial charge in [0, 0.05) is 23.7 Å². The van der Waals surface area contributed by atoms with Crippen molar-refractivity contribution in [3.63, 3.8) is 0 Å². The molecule has 3 rings (SSSR count). The first-order valence-electron chi connectivity index (χ1n) is 7.94. The van der Waals surface area contributed by atoms with Gasteiger partial charge in [0.05, 0.1) is 17.3 Å². The van der Waals surface area contributed by atoms with E-state index in [0.717, 1.165) is 16.5 Å². The van der Waals surface area contributed by atoms with Crippen molar-refractivity contribution < 1.29 is 12.8 Å². The number of sulfonamides is 1. The molecular weight excluding hydrogens is 385 g/mol. The van der Waals surface area contributed by atoms with Crippen LogP contribution in [0.5, 0.6) is 0 Å². The average Bonchev–Trinajstić information content (AvgIpc) is 3.12. The summed E-state index contributed by atoms with van der Waals surface area (Å²) in [6.45, 7) is 0. The molecule has 0 bridgehead atoms. The number of hydrogen-bond acceptors (Lipinski definition) is 4. The van der Waals surface area contributed by atoms with Crippen LogP contribution in [-0.4, -0.2) is 19.7 Å². The Balaban J connectivity index is 1.88. The second-order valence-electron chi connectivity index (χ2n) is 5.79. The van der Waals surface area contributed by atoms with Crippen molar-refractivity contribution in [2.24, 2.45) is 0 Å². The summed E-state index contributed by atoms with van der Waals surface area (Å²) in [5.41, 5.74) is 1.47. The number of aromatic amines is 1. The van der Waals surface area contributed by atoms with Gasteiger partial charge in [-0.2, -0.15) is 5.26 Å². The standard InChI is InChI=1S/C19H16FN3O2S2/c1-26-16-4-2-3-13(8-16)7-15-11-22-12-19(15)27(24,25)23-18-6-5-14(10-21)9-17(18)20/h2-6,8-9,11-12,22-23H,7H2,1H3. The molecule has 0 radical (unpaired) electrons. The molecule has 138 valence electrons. The van der Waals surface area contributed by atoms with E-state index >= 15 is 0 Å². The smallest absolute Gasteiger partial charge is 0.263 e. The van der Waals surface area contributed by atoms with Gasteiger partial charge in [-0.1, -0.05) is 12.1 Å². The monoisotopic (exact) mass is 401 g/mol. The molecule has 2 aromatic carbocycles. The van der Waals surface area contributed by atoms with Crippen LogP contribution in [0.25, 0.3) is 0 Å². The molecule has 0 fully saturated rings. The Labute approximate surface area is 161 Å². The van der Waals surface area contributed by atoms with E-state index < -0.39 is 15.8 Å². The SMILES string of the molecule is CSc1cccc(Cc2c[nH]cc2S(=O)(=O)Nc2ccc(C#N)cc2F)c1. The van der Waals surface area contributed by atoms with Gasteiger partial charge in [-0.3, -0.25) is 4.72 Å². The summed E-state index contributed by atoms with van der Waals surface area (Å²) in [6, 6.07) is 13.2. The number of anilines is 1. The molecule has 3 aromatic rings. The maximum absolute atomic E-state index is 14.1. The molecule has 0 saturated carbocycles. The van der Waals surface area contributed by atoms with E-state index in [9.17, 15) is 12.8 Å². The second-order valence-corrected chi connectivity index (χ2v) is 8.32. The molecule has 0 aliphatic rings. The van der Waals surface area contributed by atoms with Gasteiger partial charge in [-0.25, -0.2) is 12.8 Å². The van der Waals surface area contributed by atoms with Crippen LogP contribution < -0.4 is 4.72 Å². The van der Waals surface area contributed by atoms with Gasteiger partial charge in [0.25, 0.3) is 10.0 Å². The molecule has 27 heavy (non-hydrogen) atoms. The maximum atomic E-state index is 14.1. The lowest BCUT2D eigenvalue weighted by Crippen LogP contribution is -2.15. The van der Waals surface area contributed by atoms with E-state index in [-0.39, 0.29) is 16.1 Å². The van der Waals surface area contributed by atoms with Gasteiger partial charge in [0.2, 0.25) is 0 Å². The first-order chi connectivity index (χ1) is 12.9. The second kappa shape index (κ2) is 7.86. The molecular formula is C19H16FN3O2S2. The van der Waals surface area contributed by atoms with Crippen LogP contribution in [0.2, 0.25) is 0 Å². The molecule has 5 nitrogen and oxygen atoms in total. The van der Waals surface area contributed by atoms with Crippen LogP contribution in [0.4, 0.5) is 10.1 Å². The molecule has 0 aliphatic heterocycles. The number of benzene rings is 2. The summed E-state index contributed by atoms with van der Waals surface area (Å²) in [6.07, 6.45) is 5.39. The fourth-order valence-corrected chi connectivity index (χ4v) is 4.39. The third kappa shape index (κ3) is 4.32. The Morgan fingerprint density at radius 3 is 2.74 bits per heavy atom. The molecule has 2 N–H and O–H groups in total. The van der Waals surface area contributed by atoms with Gasteiger partial charge >= 0.3 is 0 Å². The van der Waals surface area contributed by atoms with E-state index in [1.165, 1.54) is 18.3 Å². The molecule has 0 aliphatic carbocycles. The predicted octanol–water partition coefficient (Wildman–Crippen LogP) is 4.14. The van der Waals surface area contributed by atoms with Crippen LogP contribution in [0, 0.1) is 17.1 Å². The minimum Gasteiger partial charge on any atom is -0.366 e.